The van der Waals surface area contributed by atoms with Crippen LogP contribution in [0.15, 0.2) is 115 Å². The monoisotopic (exact) mass is 590 g/mol. The summed E-state index contributed by atoms with van der Waals surface area (Å²) in [6.45, 7) is 2.21. The van der Waals surface area contributed by atoms with Gasteiger partial charge in [0.2, 0.25) is 0 Å². The first-order valence-electron chi connectivity index (χ1n) is 12.0. The Balaban J connectivity index is 0.000000242. The summed E-state index contributed by atoms with van der Waals surface area (Å²) in [5, 5.41) is 0.311. The maximum absolute atomic E-state index is 13.1. The van der Waals surface area contributed by atoms with E-state index in [1.165, 1.54) is 0 Å². The molecule has 0 spiro atoms. The highest BCUT2D eigenvalue weighted by atomic mass is 35.5. The number of para-hydroxylation sites is 4. The molecule has 1 atom stereocenters. The molecule has 0 fully saturated rings. The SMILES string of the molecule is CCCCOP(=O)(O)Oc1ccccc1.O=P(Oc1ccccc1)(Oc1ccccc1)Oc1ccccc1Cl. The molecule has 4 aromatic rings. The maximum Gasteiger partial charge on any atom is 0.647 e. The second kappa shape index (κ2) is 15.4. The molecule has 0 amide bonds. The fraction of sp³-hybridized carbons (Fsp3) is 0.143. The van der Waals surface area contributed by atoms with Gasteiger partial charge in [-0.1, -0.05) is 91.7 Å². The zero-order chi connectivity index (χ0) is 28.0. The van der Waals surface area contributed by atoms with Crippen molar-refractivity contribution in [2.24, 2.45) is 0 Å². The lowest BCUT2D eigenvalue weighted by molar-refractivity contribution is 0.200. The third-order valence-corrected chi connectivity index (χ3v) is 7.24. The topological polar surface area (TPSA) is 101 Å². The number of phosphoric acid groups is 2. The Hall–Kier alpha value is -3.25. The van der Waals surface area contributed by atoms with Gasteiger partial charge in [-0.2, -0.15) is 4.57 Å². The molecule has 0 saturated heterocycles. The highest BCUT2D eigenvalue weighted by molar-refractivity contribution is 7.49. The maximum atomic E-state index is 13.1. The van der Waals surface area contributed by atoms with Crippen LogP contribution in [0.4, 0.5) is 0 Å². The molecule has 8 nitrogen and oxygen atoms in total. The van der Waals surface area contributed by atoms with Crippen molar-refractivity contribution in [2.45, 2.75) is 19.8 Å². The fourth-order valence-corrected chi connectivity index (χ4v) is 5.18. The summed E-state index contributed by atoms with van der Waals surface area (Å²) in [7, 11) is -7.94. The fourth-order valence-electron chi connectivity index (χ4n) is 2.88. The van der Waals surface area contributed by atoms with E-state index >= 15 is 0 Å². The van der Waals surface area contributed by atoms with Gasteiger partial charge >= 0.3 is 15.6 Å². The number of benzene rings is 4. The number of halogens is 1. The van der Waals surface area contributed by atoms with Crippen molar-refractivity contribution >= 4 is 27.2 Å². The molecule has 0 aliphatic carbocycles. The van der Waals surface area contributed by atoms with Crippen LogP contribution in [0, 0.1) is 0 Å². The normalized spacial score (nSPS) is 12.3. The lowest BCUT2D eigenvalue weighted by Crippen LogP contribution is -2.07. The Morgan fingerprint density at radius 3 is 1.54 bits per heavy atom. The van der Waals surface area contributed by atoms with Gasteiger partial charge in [0.15, 0.2) is 5.75 Å². The van der Waals surface area contributed by atoms with Crippen molar-refractivity contribution in [3.05, 3.63) is 120 Å². The van der Waals surface area contributed by atoms with Gasteiger partial charge < -0.3 is 18.1 Å². The summed E-state index contributed by atoms with van der Waals surface area (Å²) in [6.07, 6.45) is 1.65. The molecule has 0 saturated carbocycles. The van der Waals surface area contributed by atoms with Gasteiger partial charge in [0.1, 0.15) is 17.2 Å². The van der Waals surface area contributed by atoms with Crippen molar-refractivity contribution in [1.29, 1.82) is 0 Å². The molecule has 0 aliphatic rings. The standard InChI is InChI=1S/C18H14ClO4P.C10H15O4P/c19-17-13-7-8-14-18(17)23-24(20,21-15-9-3-1-4-10-15)22-16-11-5-2-6-12-16;1-2-3-9-13-15(11,12)14-10-7-5-4-6-8-10/h1-14H;4-8H,2-3,9H2,1H3,(H,11,12). The van der Waals surface area contributed by atoms with Crippen LogP contribution in [-0.4, -0.2) is 11.5 Å². The minimum absolute atomic E-state index is 0.217. The molecule has 1 N–H and O–H groups in total. The van der Waals surface area contributed by atoms with Crippen LogP contribution in [0.2, 0.25) is 5.02 Å². The zero-order valence-corrected chi connectivity index (χ0v) is 23.7. The smallest absolute Gasteiger partial charge is 0.404 e. The van der Waals surface area contributed by atoms with E-state index in [-0.39, 0.29) is 12.4 Å². The van der Waals surface area contributed by atoms with E-state index in [4.69, 9.17) is 34.2 Å². The predicted molar refractivity (Wildman–Crippen MR) is 152 cm³/mol. The lowest BCUT2D eigenvalue weighted by Gasteiger charge is -2.19. The predicted octanol–water partition coefficient (Wildman–Crippen LogP) is 8.97. The van der Waals surface area contributed by atoms with Crippen molar-refractivity contribution in [1.82, 2.24) is 0 Å². The molecular weight excluding hydrogens is 562 g/mol. The van der Waals surface area contributed by atoms with Gasteiger partial charge in [0, 0.05) is 0 Å². The quantitative estimate of drug-likeness (QED) is 0.129. The van der Waals surface area contributed by atoms with Crippen molar-refractivity contribution in [3.8, 4) is 23.0 Å². The average molecular weight is 591 g/mol. The van der Waals surface area contributed by atoms with E-state index in [1.54, 1.807) is 103 Å². The molecule has 11 heteroatoms. The molecule has 0 bridgehead atoms. The first kappa shape index (κ1) is 30.3. The van der Waals surface area contributed by atoms with Gasteiger partial charge in [-0.25, -0.2) is 4.57 Å². The van der Waals surface area contributed by atoms with Crippen LogP contribution in [0.3, 0.4) is 0 Å². The molecule has 0 aromatic heterocycles. The summed E-state index contributed by atoms with van der Waals surface area (Å²) in [6, 6.07) is 32.5. The Labute approximate surface area is 233 Å². The molecule has 0 radical (unpaired) electrons. The summed E-state index contributed by atoms with van der Waals surface area (Å²) in [5.74, 6) is 1.28. The van der Waals surface area contributed by atoms with Crippen molar-refractivity contribution < 1.29 is 36.6 Å². The van der Waals surface area contributed by atoms with E-state index in [1.807, 2.05) is 19.1 Å². The second-order valence-electron chi connectivity index (χ2n) is 7.84. The first-order valence-corrected chi connectivity index (χ1v) is 15.4. The third-order valence-electron chi connectivity index (χ3n) is 4.68. The molecule has 1 unspecified atom stereocenters. The number of hydrogen-bond donors (Lipinski definition) is 1. The van der Waals surface area contributed by atoms with Crippen molar-refractivity contribution in [2.75, 3.05) is 6.61 Å². The minimum Gasteiger partial charge on any atom is -0.404 e. The zero-order valence-electron chi connectivity index (χ0n) is 21.2. The Morgan fingerprint density at radius 1 is 0.641 bits per heavy atom. The van der Waals surface area contributed by atoms with Gasteiger partial charge in [0.05, 0.1) is 11.6 Å². The average Bonchev–Trinajstić information content (AvgIpc) is 2.92. The van der Waals surface area contributed by atoms with Crippen LogP contribution in [0.25, 0.3) is 0 Å². The summed E-state index contributed by atoms with van der Waals surface area (Å²) in [5.41, 5.74) is 0. The highest BCUT2D eigenvalue weighted by Crippen LogP contribution is 2.50. The molecular formula is C28H29ClO8P2. The number of phosphoric ester groups is 2. The Bertz CT molecular complexity index is 1310. The summed E-state index contributed by atoms with van der Waals surface area (Å²) >= 11 is 6.08. The molecule has 4 rings (SSSR count). The minimum atomic E-state index is -4.00. The van der Waals surface area contributed by atoms with Crippen LogP contribution >= 0.6 is 27.2 Å². The van der Waals surface area contributed by atoms with E-state index in [2.05, 4.69) is 0 Å². The van der Waals surface area contributed by atoms with Crippen LogP contribution in [-0.2, 0) is 13.7 Å². The van der Waals surface area contributed by atoms with E-state index in [0.717, 1.165) is 12.8 Å². The number of rotatable bonds is 12. The Kier molecular flexibility index (Phi) is 11.9. The molecule has 206 valence electrons. The van der Waals surface area contributed by atoms with E-state index in [0.29, 0.717) is 22.3 Å². The third kappa shape index (κ3) is 11.2. The van der Waals surface area contributed by atoms with Crippen LogP contribution < -0.4 is 18.1 Å². The van der Waals surface area contributed by atoms with E-state index in [9.17, 15) is 14.0 Å². The highest BCUT2D eigenvalue weighted by Gasteiger charge is 2.33. The molecule has 0 aliphatic heterocycles. The largest absolute Gasteiger partial charge is 0.647 e. The lowest BCUT2D eigenvalue weighted by atomic mass is 10.3. The first-order chi connectivity index (χ1) is 18.8. The summed E-state index contributed by atoms with van der Waals surface area (Å²) in [4.78, 5) is 9.31. The van der Waals surface area contributed by atoms with E-state index < -0.39 is 15.6 Å². The second-order valence-corrected chi connectivity index (χ2v) is 11.1. The van der Waals surface area contributed by atoms with Gasteiger partial charge in [-0.05, 0) is 55.0 Å². The summed E-state index contributed by atoms with van der Waals surface area (Å²) < 4.78 is 50.7. The van der Waals surface area contributed by atoms with Gasteiger partial charge in [-0.15, -0.1) is 0 Å². The van der Waals surface area contributed by atoms with Gasteiger partial charge in [0.25, 0.3) is 0 Å². The molecule has 4 aromatic carbocycles. The van der Waals surface area contributed by atoms with Crippen molar-refractivity contribution in [3.63, 3.8) is 0 Å². The molecule has 0 heterocycles. The van der Waals surface area contributed by atoms with Gasteiger partial charge in [-0.3, -0.25) is 9.42 Å². The Morgan fingerprint density at radius 2 is 1.08 bits per heavy atom. The van der Waals surface area contributed by atoms with Crippen LogP contribution in [0.5, 0.6) is 23.0 Å². The van der Waals surface area contributed by atoms with Crippen LogP contribution in [0.1, 0.15) is 19.8 Å². The molecule has 39 heavy (non-hydrogen) atoms. The number of hydrogen-bond acceptors (Lipinski definition) is 7. The number of unbranched alkanes of at least 4 members (excludes halogenated alkanes) is 1.